The second-order valence-electron chi connectivity index (χ2n) is 16.6. The van der Waals surface area contributed by atoms with Gasteiger partial charge in [0.25, 0.3) is 5.92 Å². The van der Waals surface area contributed by atoms with Gasteiger partial charge in [-0.1, -0.05) is 60.7 Å². The Morgan fingerprint density at radius 2 is 1.24 bits per heavy atom. The number of amides is 1. The summed E-state index contributed by atoms with van der Waals surface area (Å²) in [7, 11) is 0. The lowest BCUT2D eigenvalue weighted by atomic mass is 9.80. The van der Waals surface area contributed by atoms with Gasteiger partial charge in [0, 0.05) is 38.5 Å². The maximum Gasteiger partial charge on any atom is 0.315 e. The zero-order valence-corrected chi connectivity index (χ0v) is 30.6. The number of hydrogen-bond acceptors (Lipinski definition) is 7. The summed E-state index contributed by atoms with van der Waals surface area (Å²) in [6.45, 7) is 15.5. The molecule has 0 bridgehead atoms. The first-order valence-electron chi connectivity index (χ1n) is 17.7. The third-order valence-corrected chi connectivity index (χ3v) is 10.8. The number of ether oxygens (including phenoxy) is 2. The van der Waals surface area contributed by atoms with Gasteiger partial charge in [-0.05, 0) is 79.4 Å². The van der Waals surface area contributed by atoms with Crippen LogP contribution in [0.3, 0.4) is 0 Å². The zero-order valence-electron chi connectivity index (χ0n) is 30.6. The van der Waals surface area contributed by atoms with Gasteiger partial charge < -0.3 is 14.4 Å². The molecule has 4 aliphatic rings. The standard InChI is InChI=1S/C20H27F2NO2.C20H25NO4/c1-14(15-8-6-5-7-9-15)23-12-16-19(13-23,10-11-20(16,21)22)17(24)25-18(2,3)4;1-13(14-8-6-5-7-9-14)21-12-20(18(24)25-19(2,3)4)11-10-15(22)16(20)17(21)23/h5-9,14,16H,10-13H2,1-4H3;5-9,13,16H,10-12H2,1-4H3/t14-,16-,19-;13-,16-,20-/m11/s1. The highest BCUT2D eigenvalue weighted by Crippen LogP contribution is 2.58. The van der Waals surface area contributed by atoms with Crippen LogP contribution in [0.25, 0.3) is 0 Å². The number of carbonyl (C=O) groups excluding carboxylic acids is 4. The lowest BCUT2D eigenvalue weighted by Crippen LogP contribution is -2.43. The van der Waals surface area contributed by atoms with Crippen LogP contribution in [-0.4, -0.2) is 70.2 Å². The molecular formula is C40H52F2N2O6. The van der Waals surface area contributed by atoms with E-state index >= 15 is 0 Å². The van der Waals surface area contributed by atoms with Crippen molar-refractivity contribution in [3.63, 3.8) is 0 Å². The maximum absolute atomic E-state index is 14.5. The lowest BCUT2D eigenvalue weighted by Gasteiger charge is -2.32. The molecule has 6 atom stereocenters. The van der Waals surface area contributed by atoms with Gasteiger partial charge in [-0.15, -0.1) is 0 Å². The molecule has 0 aromatic heterocycles. The Morgan fingerprint density at radius 1 is 0.740 bits per heavy atom. The van der Waals surface area contributed by atoms with Gasteiger partial charge in [0.1, 0.15) is 28.3 Å². The predicted octanol–water partition coefficient (Wildman–Crippen LogP) is 7.33. The fourth-order valence-electron chi connectivity index (χ4n) is 8.17. The fourth-order valence-corrected chi connectivity index (χ4v) is 8.17. The number of halogens is 2. The maximum atomic E-state index is 14.5. The van der Waals surface area contributed by atoms with Gasteiger partial charge in [-0.25, -0.2) is 8.78 Å². The average molecular weight is 695 g/mol. The molecule has 0 N–H and O–H groups in total. The summed E-state index contributed by atoms with van der Waals surface area (Å²) in [6.07, 6.45) is 0.612. The van der Waals surface area contributed by atoms with Gasteiger partial charge in [0.15, 0.2) is 0 Å². The summed E-state index contributed by atoms with van der Waals surface area (Å²) in [5.41, 5.74) is -1.40. The normalized spacial score (nSPS) is 28.7. The number of nitrogens with zero attached hydrogens (tertiary/aromatic N) is 2. The second-order valence-corrected chi connectivity index (χ2v) is 16.6. The molecule has 50 heavy (non-hydrogen) atoms. The monoisotopic (exact) mass is 694 g/mol. The van der Waals surface area contributed by atoms with Crippen LogP contribution in [0.4, 0.5) is 8.78 Å². The van der Waals surface area contributed by atoms with Gasteiger partial charge >= 0.3 is 11.9 Å². The number of Topliss-reactive ketones (excluding diaryl/α,β-unsaturated/α-hetero) is 1. The van der Waals surface area contributed by atoms with Crippen LogP contribution in [0.1, 0.15) is 104 Å². The Balaban J connectivity index is 0.000000194. The molecule has 0 radical (unpaired) electrons. The van der Waals surface area contributed by atoms with Crippen LogP contribution in [0.15, 0.2) is 60.7 Å². The quantitative estimate of drug-likeness (QED) is 0.231. The van der Waals surface area contributed by atoms with Crippen molar-refractivity contribution < 1.29 is 37.4 Å². The van der Waals surface area contributed by atoms with Crippen molar-refractivity contribution in [2.45, 2.75) is 110 Å². The molecule has 1 amide bonds. The third-order valence-electron chi connectivity index (χ3n) is 10.8. The summed E-state index contributed by atoms with van der Waals surface area (Å²) < 4.78 is 40.2. The molecule has 2 aromatic carbocycles. The molecule has 4 fully saturated rings. The number of carbonyl (C=O) groups is 4. The Hall–Kier alpha value is -3.66. The fraction of sp³-hybridized carbons (Fsp3) is 0.600. The SMILES string of the molecule is C[C@H](c1ccccc1)N1C[C@H]2C(F)(F)CC[C@@]2(C(=O)OC(C)(C)C)C1.C[C@H](c1ccccc1)N1C[C@]2(C(=O)OC(C)(C)C)CCC(=O)[C@@H]2C1=O. The molecule has 2 saturated heterocycles. The highest BCUT2D eigenvalue weighted by molar-refractivity contribution is 6.10. The predicted molar refractivity (Wildman–Crippen MR) is 185 cm³/mol. The smallest absolute Gasteiger partial charge is 0.315 e. The van der Waals surface area contributed by atoms with E-state index in [4.69, 9.17) is 9.47 Å². The van der Waals surface area contributed by atoms with E-state index in [0.29, 0.717) is 13.0 Å². The van der Waals surface area contributed by atoms with Crippen LogP contribution in [0, 0.1) is 22.7 Å². The van der Waals surface area contributed by atoms with Crippen molar-refractivity contribution in [3.8, 4) is 0 Å². The summed E-state index contributed by atoms with van der Waals surface area (Å²) >= 11 is 0. The number of rotatable bonds is 6. The first-order chi connectivity index (χ1) is 23.2. The second kappa shape index (κ2) is 13.5. The van der Waals surface area contributed by atoms with Crippen LogP contribution in [0.5, 0.6) is 0 Å². The van der Waals surface area contributed by atoms with Gasteiger partial charge in [-0.3, -0.25) is 24.1 Å². The largest absolute Gasteiger partial charge is 0.459 e. The number of alkyl halides is 2. The Morgan fingerprint density at radius 3 is 1.76 bits per heavy atom. The Bertz CT molecular complexity index is 1590. The molecule has 2 saturated carbocycles. The van der Waals surface area contributed by atoms with Crippen LogP contribution < -0.4 is 0 Å². The summed E-state index contributed by atoms with van der Waals surface area (Å²) in [4.78, 5) is 54.8. The van der Waals surface area contributed by atoms with E-state index in [1.807, 2.05) is 79.4 Å². The Labute approximate surface area is 294 Å². The minimum Gasteiger partial charge on any atom is -0.459 e. The summed E-state index contributed by atoms with van der Waals surface area (Å²) in [5, 5.41) is 0. The van der Waals surface area contributed by atoms with Gasteiger partial charge in [0.05, 0.1) is 17.4 Å². The van der Waals surface area contributed by atoms with E-state index in [-0.39, 0.29) is 56.1 Å². The highest BCUT2D eigenvalue weighted by Gasteiger charge is 2.68. The Kier molecular flexibility index (Phi) is 10.1. The van der Waals surface area contributed by atoms with E-state index in [1.165, 1.54) is 0 Å². The van der Waals surface area contributed by atoms with Gasteiger partial charge in [0.2, 0.25) is 5.91 Å². The van der Waals surface area contributed by atoms with E-state index in [2.05, 4.69) is 0 Å². The zero-order chi connectivity index (χ0) is 36.9. The first-order valence-corrected chi connectivity index (χ1v) is 17.7. The molecule has 272 valence electrons. The third kappa shape index (κ3) is 7.23. The number of benzene rings is 2. The molecular weight excluding hydrogens is 642 g/mol. The van der Waals surface area contributed by atoms with E-state index in [0.717, 1.165) is 11.1 Å². The molecule has 2 heterocycles. The first kappa shape index (κ1) is 37.6. The molecule has 0 unspecified atom stereocenters. The summed E-state index contributed by atoms with van der Waals surface area (Å²) in [5.74, 6) is -5.96. The van der Waals surface area contributed by atoms with Crippen LogP contribution in [-0.2, 0) is 28.7 Å². The molecule has 2 aliphatic heterocycles. The number of esters is 2. The summed E-state index contributed by atoms with van der Waals surface area (Å²) in [6, 6.07) is 19.3. The topological polar surface area (TPSA) is 93.2 Å². The van der Waals surface area contributed by atoms with Crippen LogP contribution >= 0.6 is 0 Å². The van der Waals surface area contributed by atoms with Crippen LogP contribution in [0.2, 0.25) is 0 Å². The lowest BCUT2D eigenvalue weighted by molar-refractivity contribution is -0.171. The van der Waals surface area contributed by atoms with Crippen molar-refractivity contribution >= 4 is 23.6 Å². The molecule has 2 aromatic rings. The number of fused-ring (bicyclic) bond motifs is 2. The van der Waals surface area contributed by atoms with Gasteiger partial charge in [-0.2, -0.15) is 0 Å². The number of hydrogen-bond donors (Lipinski definition) is 0. The van der Waals surface area contributed by atoms with E-state index in [9.17, 15) is 28.0 Å². The molecule has 8 nitrogen and oxygen atoms in total. The van der Waals surface area contributed by atoms with E-state index < -0.39 is 51.7 Å². The minimum atomic E-state index is -2.82. The molecule has 0 spiro atoms. The van der Waals surface area contributed by atoms with Crippen molar-refractivity contribution in [2.24, 2.45) is 22.7 Å². The molecule has 2 aliphatic carbocycles. The molecule has 6 rings (SSSR count). The van der Waals surface area contributed by atoms with Crippen molar-refractivity contribution in [1.29, 1.82) is 0 Å². The average Bonchev–Trinajstić information content (AvgIpc) is 3.76. The molecule has 10 heteroatoms. The van der Waals surface area contributed by atoms with Crippen molar-refractivity contribution in [3.05, 3.63) is 71.8 Å². The number of ketones is 1. The minimum absolute atomic E-state index is 0.0121. The van der Waals surface area contributed by atoms with Crippen molar-refractivity contribution in [1.82, 2.24) is 9.80 Å². The highest BCUT2D eigenvalue weighted by atomic mass is 19.3. The number of likely N-dealkylation sites (tertiary alicyclic amines) is 2. The van der Waals surface area contributed by atoms with E-state index in [1.54, 1.807) is 46.4 Å². The van der Waals surface area contributed by atoms with Crippen molar-refractivity contribution in [2.75, 3.05) is 19.6 Å².